The summed E-state index contributed by atoms with van der Waals surface area (Å²) in [6.07, 6.45) is 2.59. The van der Waals surface area contributed by atoms with Crippen molar-refractivity contribution in [2.45, 2.75) is 45.6 Å². The van der Waals surface area contributed by atoms with Gasteiger partial charge in [0.15, 0.2) is 0 Å². The molecule has 0 spiro atoms. The summed E-state index contributed by atoms with van der Waals surface area (Å²) in [4.78, 5) is 4.30. The maximum absolute atomic E-state index is 10.1. The number of rotatable bonds is 8. The molecule has 1 aromatic rings. The molecule has 0 aliphatic carbocycles. The number of aliphatic hydroxyl groups is 1. The lowest BCUT2D eigenvalue weighted by Gasteiger charge is -2.23. The van der Waals surface area contributed by atoms with Crippen LogP contribution in [0, 0.1) is 0 Å². The zero-order valence-corrected chi connectivity index (χ0v) is 12.1. The first-order valence-corrected chi connectivity index (χ1v) is 6.84. The Bertz CT molecular complexity index is 394. The third-order valence-electron chi connectivity index (χ3n) is 2.77. The molecule has 1 atom stereocenters. The fourth-order valence-corrected chi connectivity index (χ4v) is 1.77. The molecule has 5 heteroatoms. The number of nitrogens with two attached hydrogens (primary N) is 1. The molecule has 1 aromatic heterocycles. The summed E-state index contributed by atoms with van der Waals surface area (Å²) in [5.41, 5.74) is 5.59. The molecule has 108 valence electrons. The Kier molecular flexibility index (Phi) is 5.89. The molecule has 4 N–H and O–H groups in total. The van der Waals surface area contributed by atoms with Gasteiger partial charge in [-0.25, -0.2) is 0 Å². The SMILES string of the molecule is CCCOc1nc(NCC(C)(O)CCC)ccc1N. The van der Waals surface area contributed by atoms with Gasteiger partial charge >= 0.3 is 0 Å². The quantitative estimate of drug-likeness (QED) is 0.674. The summed E-state index contributed by atoms with van der Waals surface area (Å²) in [6, 6.07) is 3.55. The number of anilines is 2. The lowest BCUT2D eigenvalue weighted by atomic mass is 10.0. The summed E-state index contributed by atoms with van der Waals surface area (Å²) in [5, 5.41) is 13.2. The number of nitrogens with one attached hydrogen (secondary N) is 1. The van der Waals surface area contributed by atoms with Crippen LogP contribution in [0.25, 0.3) is 0 Å². The third-order valence-corrected chi connectivity index (χ3v) is 2.77. The van der Waals surface area contributed by atoms with Crippen molar-refractivity contribution >= 4 is 11.5 Å². The van der Waals surface area contributed by atoms with E-state index in [2.05, 4.69) is 10.3 Å². The Morgan fingerprint density at radius 3 is 2.74 bits per heavy atom. The van der Waals surface area contributed by atoms with Crippen LogP contribution in [-0.2, 0) is 0 Å². The Morgan fingerprint density at radius 1 is 1.37 bits per heavy atom. The van der Waals surface area contributed by atoms with Crippen molar-refractivity contribution in [2.75, 3.05) is 24.2 Å². The topological polar surface area (TPSA) is 80.4 Å². The van der Waals surface area contributed by atoms with Crippen molar-refractivity contribution in [3.63, 3.8) is 0 Å². The van der Waals surface area contributed by atoms with Crippen LogP contribution in [0.15, 0.2) is 12.1 Å². The second-order valence-electron chi connectivity index (χ2n) is 5.04. The summed E-state index contributed by atoms with van der Waals surface area (Å²) >= 11 is 0. The average Bonchev–Trinajstić information content (AvgIpc) is 2.36. The van der Waals surface area contributed by atoms with Gasteiger partial charge in [0.25, 0.3) is 0 Å². The highest BCUT2D eigenvalue weighted by molar-refractivity contribution is 5.53. The third kappa shape index (κ3) is 5.34. The van der Waals surface area contributed by atoms with Gasteiger partial charge in [0.2, 0.25) is 5.88 Å². The van der Waals surface area contributed by atoms with Gasteiger partial charge in [-0.05, 0) is 31.9 Å². The first-order chi connectivity index (χ1) is 8.98. The standard InChI is InChI=1S/C14H25N3O2/c1-4-8-14(3,18)10-16-12-7-6-11(15)13(17-12)19-9-5-2/h6-7,18H,4-5,8-10,15H2,1-3H3,(H,16,17). The fourth-order valence-electron chi connectivity index (χ4n) is 1.77. The van der Waals surface area contributed by atoms with Crippen LogP contribution >= 0.6 is 0 Å². The lowest BCUT2D eigenvalue weighted by Crippen LogP contribution is -2.33. The van der Waals surface area contributed by atoms with E-state index in [1.165, 1.54) is 0 Å². The van der Waals surface area contributed by atoms with Gasteiger partial charge in [-0.1, -0.05) is 20.3 Å². The van der Waals surface area contributed by atoms with Gasteiger partial charge in [0.05, 0.1) is 17.9 Å². The Labute approximate surface area is 115 Å². The highest BCUT2D eigenvalue weighted by Gasteiger charge is 2.18. The zero-order valence-electron chi connectivity index (χ0n) is 12.1. The number of hydrogen-bond donors (Lipinski definition) is 3. The predicted molar refractivity (Wildman–Crippen MR) is 78.5 cm³/mol. The molecule has 19 heavy (non-hydrogen) atoms. The molecule has 1 rings (SSSR count). The van der Waals surface area contributed by atoms with E-state index >= 15 is 0 Å². The van der Waals surface area contributed by atoms with E-state index in [9.17, 15) is 5.11 Å². The summed E-state index contributed by atoms with van der Waals surface area (Å²) in [6.45, 7) is 6.93. The first-order valence-electron chi connectivity index (χ1n) is 6.84. The highest BCUT2D eigenvalue weighted by Crippen LogP contribution is 2.22. The second kappa shape index (κ2) is 7.19. The molecule has 0 radical (unpaired) electrons. The minimum absolute atomic E-state index is 0.446. The van der Waals surface area contributed by atoms with Crippen LogP contribution in [0.4, 0.5) is 11.5 Å². The normalized spacial score (nSPS) is 13.9. The van der Waals surface area contributed by atoms with Gasteiger partial charge in [-0.2, -0.15) is 4.98 Å². The van der Waals surface area contributed by atoms with Gasteiger partial charge in [-0.3, -0.25) is 0 Å². The number of hydrogen-bond acceptors (Lipinski definition) is 5. The number of nitrogens with zero attached hydrogens (tertiary/aromatic N) is 1. The molecule has 0 aliphatic rings. The average molecular weight is 267 g/mol. The van der Waals surface area contributed by atoms with Crippen molar-refractivity contribution in [3.05, 3.63) is 12.1 Å². The monoisotopic (exact) mass is 267 g/mol. The molecular weight excluding hydrogens is 242 g/mol. The van der Waals surface area contributed by atoms with Crippen molar-refractivity contribution < 1.29 is 9.84 Å². The predicted octanol–water partition coefficient (Wildman–Crippen LogP) is 2.42. The first kappa shape index (κ1) is 15.6. The Morgan fingerprint density at radius 2 is 2.11 bits per heavy atom. The lowest BCUT2D eigenvalue weighted by molar-refractivity contribution is 0.0636. The summed E-state index contributed by atoms with van der Waals surface area (Å²) in [7, 11) is 0. The Hall–Kier alpha value is -1.49. The number of pyridine rings is 1. The van der Waals surface area contributed by atoms with Crippen LogP contribution < -0.4 is 15.8 Å². The van der Waals surface area contributed by atoms with Crippen LogP contribution in [-0.4, -0.2) is 28.8 Å². The minimum atomic E-state index is -0.734. The van der Waals surface area contributed by atoms with Crippen molar-refractivity contribution in [3.8, 4) is 5.88 Å². The molecule has 1 heterocycles. The smallest absolute Gasteiger partial charge is 0.239 e. The maximum Gasteiger partial charge on any atom is 0.239 e. The van der Waals surface area contributed by atoms with Crippen molar-refractivity contribution in [1.29, 1.82) is 0 Å². The Balaban J connectivity index is 2.63. The van der Waals surface area contributed by atoms with E-state index < -0.39 is 5.60 Å². The van der Waals surface area contributed by atoms with Crippen molar-refractivity contribution in [2.24, 2.45) is 0 Å². The van der Waals surface area contributed by atoms with Gasteiger partial charge in [-0.15, -0.1) is 0 Å². The van der Waals surface area contributed by atoms with E-state index in [0.717, 1.165) is 19.3 Å². The molecule has 5 nitrogen and oxygen atoms in total. The van der Waals surface area contributed by atoms with Crippen LogP contribution in [0.2, 0.25) is 0 Å². The molecule has 0 aliphatic heterocycles. The van der Waals surface area contributed by atoms with Crippen molar-refractivity contribution in [1.82, 2.24) is 4.98 Å². The highest BCUT2D eigenvalue weighted by atomic mass is 16.5. The number of nitrogen functional groups attached to an aromatic ring is 1. The van der Waals surface area contributed by atoms with E-state index in [0.29, 0.717) is 30.5 Å². The van der Waals surface area contributed by atoms with Crippen LogP contribution in [0.5, 0.6) is 5.88 Å². The molecule has 0 amide bonds. The second-order valence-corrected chi connectivity index (χ2v) is 5.04. The van der Waals surface area contributed by atoms with E-state index in [1.54, 1.807) is 12.1 Å². The maximum atomic E-state index is 10.1. The summed E-state index contributed by atoms with van der Waals surface area (Å²) < 4.78 is 5.47. The molecule has 0 bridgehead atoms. The molecule has 0 saturated carbocycles. The molecule has 0 saturated heterocycles. The largest absolute Gasteiger partial charge is 0.476 e. The van der Waals surface area contributed by atoms with Gasteiger partial charge in [0.1, 0.15) is 5.82 Å². The molecule has 0 fully saturated rings. The molecule has 1 unspecified atom stereocenters. The van der Waals surface area contributed by atoms with E-state index in [1.807, 2.05) is 20.8 Å². The van der Waals surface area contributed by atoms with Gasteiger partial charge < -0.3 is 20.9 Å². The van der Waals surface area contributed by atoms with Crippen LogP contribution in [0.3, 0.4) is 0 Å². The van der Waals surface area contributed by atoms with Crippen LogP contribution in [0.1, 0.15) is 40.0 Å². The van der Waals surface area contributed by atoms with E-state index in [4.69, 9.17) is 10.5 Å². The van der Waals surface area contributed by atoms with Gasteiger partial charge in [0, 0.05) is 6.54 Å². The number of ether oxygens (including phenoxy) is 1. The number of aromatic nitrogens is 1. The van der Waals surface area contributed by atoms with E-state index in [-0.39, 0.29) is 0 Å². The zero-order chi connectivity index (χ0) is 14.3. The minimum Gasteiger partial charge on any atom is -0.476 e. The molecular formula is C14H25N3O2. The summed E-state index contributed by atoms with van der Waals surface area (Å²) in [5.74, 6) is 1.11. The fraction of sp³-hybridized carbons (Fsp3) is 0.643. The molecule has 0 aromatic carbocycles.